The third-order valence-electron chi connectivity index (χ3n) is 10.9. The van der Waals surface area contributed by atoms with Crippen molar-refractivity contribution < 1.29 is 18.0 Å². The summed E-state index contributed by atoms with van der Waals surface area (Å²) in [7, 11) is -6.60. The van der Waals surface area contributed by atoms with Crippen molar-refractivity contribution in [2.75, 3.05) is 6.61 Å². The molecule has 1 aliphatic heterocycles. The van der Waals surface area contributed by atoms with Crippen molar-refractivity contribution >= 4 is 36.1 Å². The van der Waals surface area contributed by atoms with Crippen LogP contribution in [0.5, 0.6) is 0 Å². The predicted octanol–water partition coefficient (Wildman–Crippen LogP) is 9.19. The fraction of sp³-hybridized carbons (Fsp3) is 0.676. The summed E-state index contributed by atoms with van der Waals surface area (Å²) in [4.78, 5) is 14.2. The topological polar surface area (TPSA) is 80.5 Å². The highest BCUT2D eigenvalue weighted by Crippen LogP contribution is 2.47. The van der Waals surface area contributed by atoms with E-state index in [1.54, 1.807) is 6.33 Å². The quantitative estimate of drug-likeness (QED) is 0.210. The second-order valence-electron chi connectivity index (χ2n) is 17.2. The van der Waals surface area contributed by atoms with Gasteiger partial charge in [-0.3, -0.25) is 4.57 Å². The lowest BCUT2D eigenvalue weighted by Gasteiger charge is -2.44. The Kier molecular flexibility index (Phi) is 9.93. The van der Waals surface area contributed by atoms with Crippen LogP contribution in [0.1, 0.15) is 68.5 Å². The van der Waals surface area contributed by atoms with E-state index in [1.807, 2.05) is 41.2 Å². The van der Waals surface area contributed by atoms with E-state index in [-0.39, 0.29) is 33.4 Å². The van der Waals surface area contributed by atoms with Crippen LogP contribution in [0.2, 0.25) is 54.4 Å². The lowest BCUT2D eigenvalue weighted by atomic mass is 10.1. The van der Waals surface area contributed by atoms with Gasteiger partial charge in [0.1, 0.15) is 35.8 Å². The van der Waals surface area contributed by atoms with Gasteiger partial charge in [0.05, 0.1) is 12.9 Å². The Morgan fingerprint density at radius 1 is 0.711 bits per heavy atom. The summed E-state index contributed by atoms with van der Waals surface area (Å²) in [5.41, 5.74) is 3.25. The van der Waals surface area contributed by atoms with E-state index < -0.39 is 31.2 Å². The maximum atomic E-state index is 7.34. The Balaban J connectivity index is 1.86. The smallest absolute Gasteiger partial charge is 0.192 e. The predicted molar refractivity (Wildman–Crippen MR) is 192 cm³/mol. The van der Waals surface area contributed by atoms with Gasteiger partial charge in [0, 0.05) is 5.56 Å². The second-order valence-corrected chi connectivity index (χ2v) is 31.6. The molecule has 1 aliphatic rings. The Morgan fingerprint density at radius 3 is 1.78 bits per heavy atom. The van der Waals surface area contributed by atoms with Crippen LogP contribution in [0.4, 0.5) is 0 Å². The van der Waals surface area contributed by atoms with E-state index in [4.69, 9.17) is 28.0 Å². The van der Waals surface area contributed by atoms with Gasteiger partial charge < -0.3 is 18.0 Å². The Bertz CT molecular complexity index is 1460. The first kappa shape index (κ1) is 36.1. The van der Waals surface area contributed by atoms with Gasteiger partial charge in [-0.25, -0.2) is 15.0 Å². The molecule has 4 rings (SSSR count). The first-order valence-corrected chi connectivity index (χ1v) is 25.1. The Morgan fingerprint density at radius 2 is 1.24 bits per heavy atom. The van der Waals surface area contributed by atoms with E-state index in [0.717, 1.165) is 22.4 Å². The van der Waals surface area contributed by atoms with E-state index in [0.29, 0.717) is 6.61 Å². The summed E-state index contributed by atoms with van der Waals surface area (Å²) in [6, 6.07) is 10.1. The lowest BCUT2D eigenvalue weighted by molar-refractivity contribution is -0.0470. The zero-order valence-corrected chi connectivity index (χ0v) is 33.5. The molecule has 0 radical (unpaired) electrons. The molecule has 0 N–H and O–H groups in total. The van der Waals surface area contributed by atoms with E-state index in [9.17, 15) is 0 Å². The molecular formula is C34H58N4O4Si3. The van der Waals surface area contributed by atoms with Crippen LogP contribution < -0.4 is 0 Å². The van der Waals surface area contributed by atoms with Crippen LogP contribution in [-0.2, 0) is 18.0 Å². The first-order valence-electron chi connectivity index (χ1n) is 16.3. The van der Waals surface area contributed by atoms with Gasteiger partial charge in [0.15, 0.2) is 36.8 Å². The Labute approximate surface area is 275 Å². The third kappa shape index (κ3) is 7.39. The molecule has 0 amide bonds. The second kappa shape index (κ2) is 12.4. The number of benzene rings is 1. The number of rotatable bonds is 9. The lowest BCUT2D eigenvalue weighted by Crippen LogP contribution is -2.54. The zero-order valence-electron chi connectivity index (χ0n) is 30.5. The van der Waals surface area contributed by atoms with Crippen LogP contribution in [0, 0.1) is 0 Å². The van der Waals surface area contributed by atoms with Crippen molar-refractivity contribution in [3.63, 3.8) is 0 Å². The van der Waals surface area contributed by atoms with Crippen molar-refractivity contribution in [2.24, 2.45) is 0 Å². The van der Waals surface area contributed by atoms with E-state index >= 15 is 0 Å². The summed E-state index contributed by atoms with van der Waals surface area (Å²) in [5.74, 6) is 0. The van der Waals surface area contributed by atoms with Crippen molar-refractivity contribution in [1.29, 1.82) is 0 Å². The van der Waals surface area contributed by atoms with Gasteiger partial charge in [0.25, 0.3) is 0 Å². The molecule has 3 aromatic rings. The largest absolute Gasteiger partial charge is 0.414 e. The molecule has 3 heterocycles. The molecule has 8 nitrogen and oxygen atoms in total. The molecule has 1 fully saturated rings. The van der Waals surface area contributed by atoms with E-state index in [1.165, 1.54) is 0 Å². The minimum absolute atomic E-state index is 0.00550. The van der Waals surface area contributed by atoms with Crippen LogP contribution in [0.3, 0.4) is 0 Å². The Hall–Kier alpha value is -1.74. The molecule has 2 aromatic heterocycles. The SMILES string of the molecule is CC(C)(C)[Si](C)(C)OC[C@@H]1OC(n2cnc3c(-c4ccccc4)ncnc32)[C@@H](O[Si](C)(C)C(C)(C)C)[C@H]1O[Si](C)(C)C(C)(C)C. The van der Waals surface area contributed by atoms with Gasteiger partial charge in [-0.2, -0.15) is 0 Å². The van der Waals surface area contributed by atoms with Gasteiger partial charge in [-0.15, -0.1) is 0 Å². The van der Waals surface area contributed by atoms with Crippen molar-refractivity contribution in [3.05, 3.63) is 43.0 Å². The third-order valence-corrected chi connectivity index (χ3v) is 24.3. The molecule has 45 heavy (non-hydrogen) atoms. The summed E-state index contributed by atoms with van der Waals surface area (Å²) < 4.78 is 30.6. The summed E-state index contributed by atoms with van der Waals surface area (Å²) in [6.45, 7) is 34.7. The monoisotopic (exact) mass is 670 g/mol. The first-order chi connectivity index (χ1) is 20.5. The number of ether oxygens (including phenoxy) is 1. The molecule has 0 saturated carbocycles. The maximum Gasteiger partial charge on any atom is 0.192 e. The summed E-state index contributed by atoms with van der Waals surface area (Å²) in [5, 5.41) is 0.0779. The van der Waals surface area contributed by atoms with Gasteiger partial charge in [-0.05, 0) is 54.4 Å². The summed E-state index contributed by atoms with van der Waals surface area (Å²) in [6.07, 6.45) is 1.94. The van der Waals surface area contributed by atoms with Crippen molar-refractivity contribution in [3.8, 4) is 11.3 Å². The van der Waals surface area contributed by atoms with Crippen molar-refractivity contribution in [2.45, 2.75) is 141 Å². The number of hydrogen-bond donors (Lipinski definition) is 0. The molecule has 1 aromatic carbocycles. The fourth-order valence-corrected chi connectivity index (χ4v) is 8.34. The number of nitrogens with zero attached hydrogens (tertiary/aromatic N) is 4. The minimum Gasteiger partial charge on any atom is -0.414 e. The molecule has 0 aliphatic carbocycles. The molecule has 1 unspecified atom stereocenters. The highest BCUT2D eigenvalue weighted by Gasteiger charge is 2.55. The molecule has 11 heteroatoms. The van der Waals surface area contributed by atoms with Crippen LogP contribution in [0.25, 0.3) is 22.4 Å². The highest BCUT2D eigenvalue weighted by molar-refractivity contribution is 6.75. The molecule has 1 saturated heterocycles. The minimum atomic E-state index is -2.28. The fourth-order valence-electron chi connectivity index (χ4n) is 4.72. The summed E-state index contributed by atoms with van der Waals surface area (Å²) >= 11 is 0. The van der Waals surface area contributed by atoms with Crippen LogP contribution in [-0.4, -0.2) is 69.4 Å². The van der Waals surface area contributed by atoms with Crippen LogP contribution >= 0.6 is 0 Å². The number of fused-ring (bicyclic) bond motifs is 1. The molecule has 0 spiro atoms. The average molecular weight is 671 g/mol. The highest BCUT2D eigenvalue weighted by atomic mass is 28.4. The number of aromatic nitrogens is 4. The van der Waals surface area contributed by atoms with Gasteiger partial charge in [-0.1, -0.05) is 92.6 Å². The number of imidazole rings is 1. The average Bonchev–Trinajstić information content (AvgIpc) is 3.47. The number of hydrogen-bond acceptors (Lipinski definition) is 7. The van der Waals surface area contributed by atoms with Gasteiger partial charge >= 0.3 is 0 Å². The molecule has 0 bridgehead atoms. The van der Waals surface area contributed by atoms with Gasteiger partial charge in [0.2, 0.25) is 0 Å². The zero-order chi connectivity index (χ0) is 33.8. The van der Waals surface area contributed by atoms with E-state index in [2.05, 4.69) is 107 Å². The standard InChI is InChI=1S/C34H58N4O4Si3/c1-32(2,3)43(10,11)39-21-25-28(41-44(12,13)33(4,5)6)29(42-45(14,15)34(7,8)9)31(40-25)38-23-37-27-26(35-22-36-30(27)38)24-19-17-16-18-20-24/h16-20,22-23,25,28-29,31H,21H2,1-15H3/t25-,28-,29-,31?/m0/s1. The molecule has 4 atom stereocenters. The van der Waals surface area contributed by atoms with Crippen LogP contribution in [0.15, 0.2) is 43.0 Å². The molecular weight excluding hydrogens is 613 g/mol. The molecule has 250 valence electrons. The van der Waals surface area contributed by atoms with Crippen molar-refractivity contribution in [1.82, 2.24) is 19.5 Å². The maximum absolute atomic E-state index is 7.34. The normalized spacial score (nSPS) is 22.4.